The van der Waals surface area contributed by atoms with Gasteiger partial charge in [0.2, 0.25) is 10.1 Å². The number of rotatable bonds is 5. The van der Waals surface area contributed by atoms with Gasteiger partial charge in [0.15, 0.2) is 0 Å². The molecule has 26 heavy (non-hydrogen) atoms. The van der Waals surface area contributed by atoms with Gasteiger partial charge in [-0.05, 0) is 23.6 Å². The highest BCUT2D eigenvalue weighted by Crippen LogP contribution is 2.25. The number of carbonyl (C=O) groups excluding carboxylic acids is 1. The van der Waals surface area contributed by atoms with Crippen LogP contribution in [-0.4, -0.2) is 39.5 Å². The molecule has 0 unspecified atom stereocenters. The van der Waals surface area contributed by atoms with Gasteiger partial charge in [0, 0.05) is 30.1 Å². The van der Waals surface area contributed by atoms with Crippen LogP contribution < -0.4 is 5.32 Å². The van der Waals surface area contributed by atoms with Crippen LogP contribution in [0.15, 0.2) is 48.0 Å². The number of fused-ring (bicyclic) bond motifs is 1. The van der Waals surface area contributed by atoms with Gasteiger partial charge in [-0.15, -0.1) is 16.4 Å². The molecule has 0 aliphatic rings. The van der Waals surface area contributed by atoms with Crippen LogP contribution in [0.1, 0.15) is 15.2 Å². The normalized spacial score (nSPS) is 11.0. The fourth-order valence-electron chi connectivity index (χ4n) is 2.56. The third-order valence-electron chi connectivity index (χ3n) is 3.85. The Balaban J connectivity index is 1.55. The van der Waals surface area contributed by atoms with Crippen molar-refractivity contribution in [2.75, 3.05) is 19.4 Å². The number of carbonyl (C=O) groups is 1. The molecular weight excluding hydrogens is 366 g/mol. The zero-order chi connectivity index (χ0) is 18.1. The third kappa shape index (κ3) is 3.33. The molecule has 0 aliphatic heterocycles. The van der Waals surface area contributed by atoms with Crippen molar-refractivity contribution >= 4 is 38.7 Å². The summed E-state index contributed by atoms with van der Waals surface area (Å²) in [5, 5.41) is 10.8. The minimum Gasteiger partial charge on any atom is -0.355 e. The molecule has 0 radical (unpaired) electrons. The fourth-order valence-corrected chi connectivity index (χ4v) is 3.98. The second kappa shape index (κ2) is 6.89. The first kappa shape index (κ1) is 16.7. The molecule has 0 saturated heterocycles. The van der Waals surface area contributed by atoms with E-state index in [0.717, 1.165) is 27.9 Å². The van der Waals surface area contributed by atoms with Gasteiger partial charge in [-0.25, -0.2) is 9.50 Å². The summed E-state index contributed by atoms with van der Waals surface area (Å²) in [4.78, 5) is 20.4. The van der Waals surface area contributed by atoms with E-state index in [1.807, 2.05) is 36.5 Å². The topological polar surface area (TPSA) is 62.5 Å². The van der Waals surface area contributed by atoms with Crippen molar-refractivity contribution in [3.8, 4) is 11.3 Å². The van der Waals surface area contributed by atoms with E-state index in [9.17, 15) is 4.79 Å². The molecule has 3 aromatic heterocycles. The highest BCUT2D eigenvalue weighted by atomic mass is 32.1. The monoisotopic (exact) mass is 383 g/mol. The van der Waals surface area contributed by atoms with Crippen LogP contribution in [0.5, 0.6) is 0 Å². The first-order valence-corrected chi connectivity index (χ1v) is 9.74. The molecular formula is C18H17N5OS2. The first-order valence-electron chi connectivity index (χ1n) is 8.05. The molecule has 0 bridgehead atoms. The predicted octanol–water partition coefficient (Wildman–Crippen LogP) is 3.83. The molecule has 0 spiro atoms. The number of aromatic nitrogens is 3. The van der Waals surface area contributed by atoms with Gasteiger partial charge < -0.3 is 10.2 Å². The van der Waals surface area contributed by atoms with E-state index in [-0.39, 0.29) is 5.91 Å². The molecule has 4 aromatic rings. The van der Waals surface area contributed by atoms with Gasteiger partial charge in [-0.2, -0.15) is 0 Å². The van der Waals surface area contributed by atoms with Crippen LogP contribution in [0.3, 0.4) is 0 Å². The van der Waals surface area contributed by atoms with Gasteiger partial charge >= 0.3 is 0 Å². The highest BCUT2D eigenvalue weighted by molar-refractivity contribution is 7.20. The van der Waals surface area contributed by atoms with E-state index in [4.69, 9.17) is 0 Å². The van der Waals surface area contributed by atoms with Crippen LogP contribution in [0.25, 0.3) is 16.2 Å². The number of imidazole rings is 1. The van der Waals surface area contributed by atoms with E-state index in [1.165, 1.54) is 16.2 Å². The van der Waals surface area contributed by atoms with Crippen molar-refractivity contribution in [3.63, 3.8) is 0 Å². The summed E-state index contributed by atoms with van der Waals surface area (Å²) in [5.41, 5.74) is 2.36. The Morgan fingerprint density at radius 1 is 1.27 bits per heavy atom. The van der Waals surface area contributed by atoms with Gasteiger partial charge in [-0.3, -0.25) is 4.79 Å². The smallest absolute Gasteiger partial charge is 0.253 e. The van der Waals surface area contributed by atoms with Gasteiger partial charge in [0.05, 0.1) is 18.4 Å². The van der Waals surface area contributed by atoms with Gasteiger partial charge in [0.25, 0.3) is 5.91 Å². The molecule has 0 saturated carbocycles. The van der Waals surface area contributed by atoms with Gasteiger partial charge in [0.1, 0.15) is 0 Å². The lowest BCUT2D eigenvalue weighted by molar-refractivity contribution is 0.0827. The summed E-state index contributed by atoms with van der Waals surface area (Å²) in [7, 11) is 3.49. The van der Waals surface area contributed by atoms with E-state index >= 15 is 0 Å². The highest BCUT2D eigenvalue weighted by Gasteiger charge is 2.13. The molecule has 8 heteroatoms. The first-order chi connectivity index (χ1) is 12.6. The lowest BCUT2D eigenvalue weighted by Gasteiger charge is -2.10. The fraction of sp³-hybridized carbons (Fsp3) is 0.167. The van der Waals surface area contributed by atoms with E-state index in [1.54, 1.807) is 34.8 Å². The van der Waals surface area contributed by atoms with E-state index < -0.39 is 0 Å². The molecule has 3 heterocycles. The maximum Gasteiger partial charge on any atom is 0.253 e. The molecule has 1 amide bonds. The summed E-state index contributed by atoms with van der Waals surface area (Å²) >= 11 is 3.23. The van der Waals surface area contributed by atoms with Crippen LogP contribution in [0.2, 0.25) is 0 Å². The van der Waals surface area contributed by atoms with Crippen molar-refractivity contribution in [1.29, 1.82) is 0 Å². The van der Waals surface area contributed by atoms with Crippen molar-refractivity contribution in [1.82, 2.24) is 19.5 Å². The van der Waals surface area contributed by atoms with Gasteiger partial charge in [-0.1, -0.05) is 29.5 Å². The average Bonchev–Trinajstić information content (AvgIpc) is 3.35. The standard InChI is InChI=1S/C18H17N5OS2/c1-22(2)16(24)13-6-3-5-12(9-13)15-11-23-18(20-15)26-17(21-23)19-10-14-7-4-8-25-14/h3-9,11H,10H2,1-2H3,(H,19,21). The maximum absolute atomic E-state index is 12.1. The quantitative estimate of drug-likeness (QED) is 0.569. The molecule has 1 N–H and O–H groups in total. The Morgan fingerprint density at radius 2 is 2.15 bits per heavy atom. The number of anilines is 1. The van der Waals surface area contributed by atoms with Crippen LogP contribution in [0.4, 0.5) is 5.13 Å². The Bertz CT molecular complexity index is 1020. The lowest BCUT2D eigenvalue weighted by atomic mass is 10.1. The average molecular weight is 384 g/mol. The summed E-state index contributed by atoms with van der Waals surface area (Å²) in [6.07, 6.45) is 1.89. The van der Waals surface area contributed by atoms with E-state index in [0.29, 0.717) is 5.56 Å². The lowest BCUT2D eigenvalue weighted by Crippen LogP contribution is -2.21. The summed E-state index contributed by atoms with van der Waals surface area (Å²) in [6, 6.07) is 11.6. The largest absolute Gasteiger partial charge is 0.355 e. The Morgan fingerprint density at radius 3 is 2.88 bits per heavy atom. The van der Waals surface area contributed by atoms with Crippen LogP contribution >= 0.6 is 22.7 Å². The number of hydrogen-bond acceptors (Lipinski definition) is 6. The predicted molar refractivity (Wildman–Crippen MR) is 106 cm³/mol. The molecule has 1 aromatic carbocycles. The van der Waals surface area contributed by atoms with Crippen LogP contribution in [-0.2, 0) is 6.54 Å². The number of amides is 1. The SMILES string of the molecule is CN(C)C(=O)c1cccc(-c2cn3nc(NCc4cccs4)sc3n2)c1. The molecule has 0 aliphatic carbocycles. The van der Waals surface area contributed by atoms with Crippen molar-refractivity contribution < 1.29 is 4.79 Å². The van der Waals surface area contributed by atoms with Crippen LogP contribution in [0, 0.1) is 0 Å². The molecule has 0 atom stereocenters. The maximum atomic E-state index is 12.1. The Hall–Kier alpha value is -2.71. The summed E-state index contributed by atoms with van der Waals surface area (Å²) in [6.45, 7) is 0.760. The van der Waals surface area contributed by atoms with Crippen molar-refractivity contribution in [2.45, 2.75) is 6.54 Å². The third-order valence-corrected chi connectivity index (χ3v) is 5.61. The molecule has 4 rings (SSSR count). The number of benzene rings is 1. The number of thiophene rings is 1. The summed E-state index contributed by atoms with van der Waals surface area (Å²) in [5.74, 6) is -0.0222. The second-order valence-corrected chi connectivity index (χ2v) is 7.96. The number of nitrogens with zero attached hydrogens (tertiary/aromatic N) is 4. The Kier molecular flexibility index (Phi) is 4.44. The minimum atomic E-state index is -0.0222. The minimum absolute atomic E-state index is 0.0222. The molecule has 132 valence electrons. The second-order valence-electron chi connectivity index (χ2n) is 5.97. The number of nitrogens with one attached hydrogen (secondary N) is 1. The zero-order valence-corrected chi connectivity index (χ0v) is 16.0. The van der Waals surface area contributed by atoms with Crippen molar-refractivity contribution in [2.24, 2.45) is 0 Å². The van der Waals surface area contributed by atoms with Crippen molar-refractivity contribution in [3.05, 3.63) is 58.4 Å². The number of hydrogen-bond donors (Lipinski definition) is 1. The molecule has 0 fully saturated rings. The Labute approximate surface area is 158 Å². The molecule has 6 nitrogen and oxygen atoms in total. The zero-order valence-electron chi connectivity index (χ0n) is 14.3. The summed E-state index contributed by atoms with van der Waals surface area (Å²) < 4.78 is 1.77. The van der Waals surface area contributed by atoms with E-state index in [2.05, 4.69) is 26.8 Å².